The van der Waals surface area contributed by atoms with E-state index in [0.717, 1.165) is 4.90 Å². The van der Waals surface area contributed by atoms with Crippen molar-refractivity contribution in [1.82, 2.24) is 14.9 Å². The molecule has 12 heteroatoms. The molecule has 0 saturated carbocycles. The maximum atomic E-state index is 15.8. The zero-order chi connectivity index (χ0) is 26.4. The fourth-order valence-electron chi connectivity index (χ4n) is 4.24. The molecule has 6 nitrogen and oxygen atoms in total. The van der Waals surface area contributed by atoms with Gasteiger partial charge in [0.1, 0.15) is 29.0 Å². The highest BCUT2D eigenvalue weighted by Gasteiger charge is 2.40. The molecule has 1 aromatic heterocycles. The summed E-state index contributed by atoms with van der Waals surface area (Å²) < 4.78 is 60.0. The van der Waals surface area contributed by atoms with E-state index < -0.39 is 29.5 Å². The van der Waals surface area contributed by atoms with Crippen molar-refractivity contribution in [3.63, 3.8) is 0 Å². The van der Waals surface area contributed by atoms with Gasteiger partial charge in [0.2, 0.25) is 0 Å². The van der Waals surface area contributed by atoms with Gasteiger partial charge in [0.15, 0.2) is 5.82 Å². The van der Waals surface area contributed by atoms with Crippen molar-refractivity contribution in [3.05, 3.63) is 58.6 Å². The second-order valence-electron chi connectivity index (χ2n) is 8.26. The van der Waals surface area contributed by atoms with E-state index in [1.54, 1.807) is 24.0 Å². The SMILES string of the molecule is C=C(C(=O)N1CCN(c2ncnc3c(F)c(-c4cc(Cl)ccc4OC)c(Cl)cc23)[C@H](C)C1)C(F)(F)F. The van der Waals surface area contributed by atoms with E-state index in [-0.39, 0.29) is 35.7 Å². The highest BCUT2D eigenvalue weighted by molar-refractivity contribution is 6.35. The summed E-state index contributed by atoms with van der Waals surface area (Å²) in [7, 11) is 1.44. The van der Waals surface area contributed by atoms with Crippen molar-refractivity contribution < 1.29 is 27.1 Å². The summed E-state index contributed by atoms with van der Waals surface area (Å²) >= 11 is 12.7. The van der Waals surface area contributed by atoms with E-state index in [1.165, 1.54) is 25.6 Å². The minimum Gasteiger partial charge on any atom is -0.496 e. The standard InChI is InChI=1S/C24H20Cl2F4N4O2/c1-12-10-33(23(35)13(2)24(28,29)30)6-7-34(12)22-16-9-17(26)19(20(27)21(16)31-11-32-22)15-8-14(25)4-5-18(15)36-3/h4-5,8-9,11-12H,2,6-7,10H2,1,3H3/t12-/m1/s1. The number of benzene rings is 2. The molecule has 0 spiro atoms. The molecule has 1 fully saturated rings. The zero-order valence-electron chi connectivity index (χ0n) is 19.2. The average Bonchev–Trinajstić information content (AvgIpc) is 2.82. The Morgan fingerprint density at radius 2 is 1.92 bits per heavy atom. The van der Waals surface area contributed by atoms with E-state index in [0.29, 0.717) is 27.5 Å². The van der Waals surface area contributed by atoms with Crippen molar-refractivity contribution >= 4 is 45.8 Å². The number of fused-ring (bicyclic) bond motifs is 1. The molecule has 0 radical (unpaired) electrons. The summed E-state index contributed by atoms with van der Waals surface area (Å²) in [6.45, 7) is 4.77. The van der Waals surface area contributed by atoms with Gasteiger partial charge in [0.05, 0.1) is 12.1 Å². The van der Waals surface area contributed by atoms with Crippen molar-refractivity contribution in [1.29, 1.82) is 0 Å². The number of amides is 1. The second kappa shape index (κ2) is 9.74. The number of hydrogen-bond acceptors (Lipinski definition) is 5. The third-order valence-corrected chi connectivity index (χ3v) is 6.55. The number of hydrogen-bond donors (Lipinski definition) is 0. The number of methoxy groups -OCH3 is 1. The van der Waals surface area contributed by atoms with Gasteiger partial charge in [-0.15, -0.1) is 0 Å². The first-order chi connectivity index (χ1) is 16.9. The van der Waals surface area contributed by atoms with Crippen molar-refractivity contribution in [2.24, 2.45) is 0 Å². The molecular formula is C24H20Cl2F4N4O2. The van der Waals surface area contributed by atoms with Crippen LogP contribution in [0, 0.1) is 5.82 Å². The maximum Gasteiger partial charge on any atom is 0.421 e. The van der Waals surface area contributed by atoms with Gasteiger partial charge in [-0.25, -0.2) is 14.4 Å². The predicted molar refractivity (Wildman–Crippen MR) is 130 cm³/mol. The lowest BCUT2D eigenvalue weighted by Crippen LogP contribution is -2.55. The van der Waals surface area contributed by atoms with Crippen LogP contribution in [-0.2, 0) is 4.79 Å². The normalized spacial score (nSPS) is 16.4. The summed E-state index contributed by atoms with van der Waals surface area (Å²) in [5.74, 6) is -1.16. The lowest BCUT2D eigenvalue weighted by atomic mass is 10.0. The Labute approximate surface area is 214 Å². The topological polar surface area (TPSA) is 58.6 Å². The Morgan fingerprint density at radius 3 is 2.56 bits per heavy atom. The van der Waals surface area contributed by atoms with Gasteiger partial charge in [0.25, 0.3) is 5.91 Å². The quantitative estimate of drug-likeness (QED) is 0.303. The summed E-state index contributed by atoms with van der Waals surface area (Å²) in [6, 6.07) is 5.83. The highest BCUT2D eigenvalue weighted by Crippen LogP contribution is 2.42. The molecule has 3 aromatic rings. The molecule has 1 atom stereocenters. The molecule has 4 rings (SSSR count). The largest absolute Gasteiger partial charge is 0.496 e. The average molecular weight is 543 g/mol. The van der Waals surface area contributed by atoms with Crippen LogP contribution >= 0.6 is 23.2 Å². The van der Waals surface area contributed by atoms with Crippen LogP contribution in [0.15, 0.2) is 42.7 Å². The Balaban J connectivity index is 1.72. The Kier molecular flexibility index (Phi) is 7.03. The molecule has 1 aliphatic heterocycles. The summed E-state index contributed by atoms with van der Waals surface area (Å²) in [5, 5.41) is 0.745. The summed E-state index contributed by atoms with van der Waals surface area (Å²) in [4.78, 5) is 23.5. The molecule has 1 amide bonds. The number of piperazine rings is 1. The number of aromatic nitrogens is 2. The molecule has 1 aliphatic rings. The number of carbonyl (C=O) groups excluding carboxylic acids is 1. The molecule has 2 aromatic carbocycles. The van der Waals surface area contributed by atoms with Crippen LogP contribution in [0.5, 0.6) is 5.75 Å². The third-order valence-electron chi connectivity index (χ3n) is 6.02. The van der Waals surface area contributed by atoms with Crippen LogP contribution in [-0.4, -0.2) is 59.7 Å². The minimum atomic E-state index is -4.81. The van der Waals surface area contributed by atoms with Gasteiger partial charge in [-0.2, -0.15) is 13.2 Å². The fraction of sp³-hybridized carbons (Fsp3) is 0.292. The number of alkyl halides is 3. The highest BCUT2D eigenvalue weighted by atomic mass is 35.5. The Morgan fingerprint density at radius 1 is 1.19 bits per heavy atom. The summed E-state index contributed by atoms with van der Waals surface area (Å²) in [5.41, 5.74) is -1.02. The number of nitrogens with zero attached hydrogens (tertiary/aromatic N) is 4. The Hall–Kier alpha value is -3.11. The van der Waals surface area contributed by atoms with E-state index in [9.17, 15) is 18.0 Å². The van der Waals surface area contributed by atoms with E-state index in [1.807, 2.05) is 0 Å². The van der Waals surface area contributed by atoms with Gasteiger partial charge in [0, 0.05) is 47.2 Å². The van der Waals surface area contributed by atoms with Gasteiger partial charge in [-0.1, -0.05) is 29.8 Å². The van der Waals surface area contributed by atoms with Crippen LogP contribution in [0.3, 0.4) is 0 Å². The second-order valence-corrected chi connectivity index (χ2v) is 9.10. The van der Waals surface area contributed by atoms with Crippen molar-refractivity contribution in [2.45, 2.75) is 19.1 Å². The van der Waals surface area contributed by atoms with Crippen LogP contribution in [0.2, 0.25) is 10.0 Å². The molecule has 1 saturated heterocycles. The van der Waals surface area contributed by atoms with Crippen molar-refractivity contribution in [2.75, 3.05) is 31.6 Å². The molecule has 0 unspecified atom stereocenters. The van der Waals surface area contributed by atoms with Crippen LogP contribution < -0.4 is 9.64 Å². The first-order valence-electron chi connectivity index (χ1n) is 10.7. The number of ether oxygens (including phenoxy) is 1. The van der Waals surface area contributed by atoms with Crippen LogP contribution in [0.25, 0.3) is 22.0 Å². The minimum absolute atomic E-state index is 0.00220. The first kappa shape index (κ1) is 26.0. The fourth-order valence-corrected chi connectivity index (χ4v) is 4.70. The smallest absolute Gasteiger partial charge is 0.421 e. The Bertz CT molecular complexity index is 1370. The van der Waals surface area contributed by atoms with E-state index in [4.69, 9.17) is 27.9 Å². The van der Waals surface area contributed by atoms with Gasteiger partial charge in [-0.3, -0.25) is 4.79 Å². The van der Waals surface area contributed by atoms with E-state index in [2.05, 4.69) is 16.5 Å². The van der Waals surface area contributed by atoms with Gasteiger partial charge < -0.3 is 14.5 Å². The summed E-state index contributed by atoms with van der Waals surface area (Å²) in [6.07, 6.45) is -3.61. The van der Waals surface area contributed by atoms with Crippen LogP contribution in [0.1, 0.15) is 6.92 Å². The molecule has 0 bridgehead atoms. The first-order valence-corrected chi connectivity index (χ1v) is 11.5. The molecule has 0 aliphatic carbocycles. The van der Waals surface area contributed by atoms with Gasteiger partial charge in [-0.05, 0) is 31.2 Å². The lowest BCUT2D eigenvalue weighted by molar-refractivity contribution is -0.140. The predicted octanol–water partition coefficient (Wildman–Crippen LogP) is 5.91. The van der Waals surface area contributed by atoms with E-state index >= 15 is 4.39 Å². The van der Waals surface area contributed by atoms with Crippen LogP contribution in [0.4, 0.5) is 23.4 Å². The number of anilines is 1. The maximum absolute atomic E-state index is 15.8. The monoisotopic (exact) mass is 542 g/mol. The van der Waals surface area contributed by atoms with Crippen molar-refractivity contribution in [3.8, 4) is 16.9 Å². The zero-order valence-corrected chi connectivity index (χ0v) is 20.7. The van der Waals surface area contributed by atoms with Gasteiger partial charge >= 0.3 is 6.18 Å². The molecule has 36 heavy (non-hydrogen) atoms. The molecular weight excluding hydrogens is 523 g/mol. The third kappa shape index (κ3) is 4.67. The number of carbonyl (C=O) groups is 1. The lowest BCUT2D eigenvalue weighted by Gasteiger charge is -2.41. The molecule has 2 heterocycles. The number of halogens is 6. The molecule has 190 valence electrons. The molecule has 0 N–H and O–H groups in total. The number of rotatable bonds is 4.